The van der Waals surface area contributed by atoms with Gasteiger partial charge < -0.3 is 9.42 Å². The first kappa shape index (κ1) is 14.4. The first-order chi connectivity index (χ1) is 11.2. The highest BCUT2D eigenvalue weighted by molar-refractivity contribution is 7.15. The summed E-state index contributed by atoms with van der Waals surface area (Å²) in [5.41, 5.74) is 0.801. The Balaban J connectivity index is 1.51. The lowest BCUT2D eigenvalue weighted by Crippen LogP contribution is -2.32. The van der Waals surface area contributed by atoms with E-state index in [0.29, 0.717) is 24.6 Å². The fraction of sp³-hybridized carbons (Fsp3) is 0.467. The van der Waals surface area contributed by atoms with Crippen LogP contribution in [0.1, 0.15) is 43.2 Å². The molecule has 0 aliphatic carbocycles. The van der Waals surface area contributed by atoms with E-state index in [0.717, 1.165) is 30.0 Å². The maximum absolute atomic E-state index is 12.7. The molecule has 1 aliphatic rings. The Hall–Kier alpha value is -2.22. The maximum atomic E-state index is 12.7. The van der Waals surface area contributed by atoms with Crippen molar-refractivity contribution < 1.29 is 9.32 Å². The second kappa shape index (κ2) is 5.77. The van der Waals surface area contributed by atoms with Crippen LogP contribution in [0.4, 0.5) is 0 Å². The topological polar surface area (TPSA) is 76.5 Å². The van der Waals surface area contributed by atoms with Crippen LogP contribution in [-0.2, 0) is 17.6 Å². The van der Waals surface area contributed by atoms with Gasteiger partial charge in [-0.2, -0.15) is 4.98 Å². The Morgan fingerprint density at radius 2 is 2.39 bits per heavy atom. The zero-order chi connectivity index (χ0) is 15.8. The molecule has 1 saturated heterocycles. The van der Waals surface area contributed by atoms with Crippen LogP contribution in [0.2, 0.25) is 0 Å². The van der Waals surface area contributed by atoms with Crippen molar-refractivity contribution in [1.82, 2.24) is 24.4 Å². The van der Waals surface area contributed by atoms with Gasteiger partial charge in [-0.1, -0.05) is 12.1 Å². The maximum Gasteiger partial charge on any atom is 0.229 e. The molecule has 7 nitrogen and oxygen atoms in total. The number of hydrogen-bond donors (Lipinski definition) is 0. The van der Waals surface area contributed by atoms with Crippen LogP contribution < -0.4 is 0 Å². The predicted molar refractivity (Wildman–Crippen MR) is 84.1 cm³/mol. The van der Waals surface area contributed by atoms with E-state index in [1.54, 1.807) is 11.3 Å². The van der Waals surface area contributed by atoms with Crippen LogP contribution in [0.3, 0.4) is 0 Å². The van der Waals surface area contributed by atoms with E-state index in [4.69, 9.17) is 4.52 Å². The molecule has 4 heterocycles. The standard InChI is InChI=1S/C15H17N5O2S/c1-2-12-17-14(18-22-12)11-4-3-5-20(11)13(21)8-10-9-19-6-7-23-15(19)16-10/h6-7,9,11H,2-5,8H2,1H3. The summed E-state index contributed by atoms with van der Waals surface area (Å²) >= 11 is 1.56. The minimum atomic E-state index is -0.0738. The van der Waals surface area contributed by atoms with E-state index < -0.39 is 0 Å². The molecule has 0 aromatic carbocycles. The van der Waals surface area contributed by atoms with Crippen molar-refractivity contribution in [3.8, 4) is 0 Å². The van der Waals surface area contributed by atoms with Gasteiger partial charge in [-0.05, 0) is 12.8 Å². The van der Waals surface area contributed by atoms with Crippen LogP contribution in [0.15, 0.2) is 22.3 Å². The van der Waals surface area contributed by atoms with Crippen molar-refractivity contribution in [2.24, 2.45) is 0 Å². The number of aryl methyl sites for hydroxylation is 1. The van der Waals surface area contributed by atoms with Gasteiger partial charge in [0, 0.05) is 30.7 Å². The number of rotatable bonds is 4. The minimum Gasteiger partial charge on any atom is -0.339 e. The molecule has 0 radical (unpaired) electrons. The number of likely N-dealkylation sites (tertiary alicyclic amines) is 1. The average Bonchev–Trinajstić information content (AvgIpc) is 3.29. The van der Waals surface area contributed by atoms with E-state index in [-0.39, 0.29) is 11.9 Å². The van der Waals surface area contributed by atoms with E-state index in [1.807, 2.05) is 34.0 Å². The molecule has 1 unspecified atom stereocenters. The smallest absolute Gasteiger partial charge is 0.229 e. The van der Waals surface area contributed by atoms with Gasteiger partial charge >= 0.3 is 0 Å². The normalized spacial score (nSPS) is 18.1. The second-order valence-electron chi connectivity index (χ2n) is 5.65. The fourth-order valence-electron chi connectivity index (χ4n) is 3.00. The molecule has 0 bridgehead atoms. The van der Waals surface area contributed by atoms with Gasteiger partial charge in [-0.3, -0.25) is 9.20 Å². The number of carbonyl (C=O) groups excluding carboxylic acids is 1. The molecule has 23 heavy (non-hydrogen) atoms. The number of aromatic nitrogens is 4. The van der Waals surface area contributed by atoms with Crippen LogP contribution >= 0.6 is 11.3 Å². The van der Waals surface area contributed by atoms with E-state index in [2.05, 4.69) is 15.1 Å². The Morgan fingerprint density at radius 3 is 3.17 bits per heavy atom. The third kappa shape index (κ3) is 2.63. The van der Waals surface area contributed by atoms with Gasteiger partial charge in [0.2, 0.25) is 11.8 Å². The number of amides is 1. The summed E-state index contributed by atoms with van der Waals surface area (Å²) in [6, 6.07) is -0.0738. The molecule has 120 valence electrons. The first-order valence-corrected chi connectivity index (χ1v) is 8.65. The number of thiazole rings is 1. The summed E-state index contributed by atoms with van der Waals surface area (Å²) in [5, 5.41) is 6.02. The summed E-state index contributed by atoms with van der Waals surface area (Å²) in [6.07, 6.45) is 6.73. The molecular weight excluding hydrogens is 314 g/mol. The van der Waals surface area contributed by atoms with Crippen molar-refractivity contribution in [2.45, 2.75) is 38.6 Å². The highest BCUT2D eigenvalue weighted by atomic mass is 32.1. The zero-order valence-electron chi connectivity index (χ0n) is 12.8. The van der Waals surface area contributed by atoms with E-state index in [9.17, 15) is 4.79 Å². The molecule has 4 rings (SSSR count). The number of hydrogen-bond acceptors (Lipinski definition) is 6. The summed E-state index contributed by atoms with van der Waals surface area (Å²) in [6.45, 7) is 2.71. The van der Waals surface area contributed by atoms with Gasteiger partial charge in [0.25, 0.3) is 0 Å². The van der Waals surface area contributed by atoms with Crippen LogP contribution in [-0.4, -0.2) is 36.9 Å². The van der Waals surface area contributed by atoms with E-state index >= 15 is 0 Å². The van der Waals surface area contributed by atoms with Crippen molar-refractivity contribution in [3.05, 3.63) is 35.2 Å². The Labute approximate surface area is 136 Å². The van der Waals surface area contributed by atoms with Crippen molar-refractivity contribution in [2.75, 3.05) is 6.54 Å². The number of imidazole rings is 1. The minimum absolute atomic E-state index is 0.0705. The summed E-state index contributed by atoms with van der Waals surface area (Å²) in [4.78, 5) is 24.3. The average molecular weight is 331 g/mol. The second-order valence-corrected chi connectivity index (χ2v) is 6.52. The number of nitrogens with zero attached hydrogens (tertiary/aromatic N) is 5. The van der Waals surface area contributed by atoms with Gasteiger partial charge in [-0.25, -0.2) is 4.98 Å². The summed E-state index contributed by atoms with van der Waals surface area (Å²) < 4.78 is 7.13. The highest BCUT2D eigenvalue weighted by Crippen LogP contribution is 2.30. The third-order valence-corrected chi connectivity index (χ3v) is 4.90. The van der Waals surface area contributed by atoms with Gasteiger partial charge in [0.15, 0.2) is 10.8 Å². The first-order valence-electron chi connectivity index (χ1n) is 7.77. The lowest BCUT2D eigenvalue weighted by Gasteiger charge is -2.21. The number of fused-ring (bicyclic) bond motifs is 1. The Morgan fingerprint density at radius 1 is 1.48 bits per heavy atom. The summed E-state index contributed by atoms with van der Waals surface area (Å²) in [5.74, 6) is 1.31. The molecular formula is C15H17N5O2S. The molecule has 1 amide bonds. The van der Waals surface area contributed by atoms with Crippen molar-refractivity contribution in [1.29, 1.82) is 0 Å². The molecule has 3 aromatic heterocycles. The zero-order valence-corrected chi connectivity index (χ0v) is 13.6. The summed E-state index contributed by atoms with van der Waals surface area (Å²) in [7, 11) is 0. The van der Waals surface area contributed by atoms with Crippen LogP contribution in [0.5, 0.6) is 0 Å². The SMILES string of the molecule is CCc1nc(C2CCCN2C(=O)Cc2cn3ccsc3n2)no1. The van der Waals surface area contributed by atoms with Crippen LogP contribution in [0, 0.1) is 0 Å². The molecule has 1 atom stereocenters. The third-order valence-electron chi connectivity index (χ3n) is 4.13. The lowest BCUT2D eigenvalue weighted by atomic mass is 10.2. The molecule has 1 fully saturated rings. The van der Waals surface area contributed by atoms with E-state index in [1.165, 1.54) is 0 Å². The largest absolute Gasteiger partial charge is 0.339 e. The highest BCUT2D eigenvalue weighted by Gasteiger charge is 2.33. The quantitative estimate of drug-likeness (QED) is 0.733. The van der Waals surface area contributed by atoms with Gasteiger partial charge in [-0.15, -0.1) is 11.3 Å². The molecule has 0 saturated carbocycles. The van der Waals surface area contributed by atoms with Crippen LogP contribution in [0.25, 0.3) is 4.96 Å². The molecule has 8 heteroatoms. The molecule has 1 aliphatic heterocycles. The van der Waals surface area contributed by atoms with Crippen molar-refractivity contribution >= 4 is 22.2 Å². The Bertz CT molecular complexity index is 807. The predicted octanol–water partition coefficient (Wildman–Crippen LogP) is 2.25. The van der Waals surface area contributed by atoms with Crippen molar-refractivity contribution in [3.63, 3.8) is 0 Å². The Kier molecular flexibility index (Phi) is 3.60. The van der Waals surface area contributed by atoms with Gasteiger partial charge in [0.1, 0.15) is 0 Å². The van der Waals surface area contributed by atoms with Gasteiger partial charge in [0.05, 0.1) is 18.2 Å². The lowest BCUT2D eigenvalue weighted by molar-refractivity contribution is -0.131. The molecule has 0 spiro atoms. The molecule has 3 aromatic rings. The fourth-order valence-corrected chi connectivity index (χ4v) is 3.72. The number of carbonyl (C=O) groups is 1. The molecule has 0 N–H and O–H groups in total. The monoisotopic (exact) mass is 331 g/mol.